The van der Waals surface area contributed by atoms with Crippen LogP contribution in [0.5, 0.6) is 0 Å². The van der Waals surface area contributed by atoms with Crippen LogP contribution in [0.4, 0.5) is 0 Å². The van der Waals surface area contributed by atoms with Crippen LogP contribution in [0, 0.1) is 11.8 Å². The Hall–Kier alpha value is -1.38. The van der Waals surface area contributed by atoms with Crippen molar-refractivity contribution in [2.45, 2.75) is 29.1 Å². The van der Waals surface area contributed by atoms with Crippen molar-refractivity contribution in [3.63, 3.8) is 0 Å². The van der Waals surface area contributed by atoms with Crippen LogP contribution in [-0.2, 0) is 0 Å². The van der Waals surface area contributed by atoms with Crippen molar-refractivity contribution in [2.24, 2.45) is 11.8 Å². The van der Waals surface area contributed by atoms with Crippen LogP contribution >= 0.6 is 23.5 Å². The van der Waals surface area contributed by atoms with Crippen LogP contribution in [0.1, 0.15) is 19.3 Å². The van der Waals surface area contributed by atoms with Gasteiger partial charge in [0, 0.05) is 9.79 Å². The van der Waals surface area contributed by atoms with Crippen LogP contribution in [0.25, 0.3) is 0 Å². The van der Waals surface area contributed by atoms with Gasteiger partial charge < -0.3 is 0 Å². The van der Waals surface area contributed by atoms with Gasteiger partial charge in [-0.05, 0) is 65.2 Å². The van der Waals surface area contributed by atoms with Gasteiger partial charge in [0.05, 0.1) is 0 Å². The molecule has 0 fully saturated rings. The van der Waals surface area contributed by atoms with E-state index in [1.54, 1.807) is 9.81 Å². The van der Waals surface area contributed by atoms with Crippen molar-refractivity contribution in [1.29, 1.82) is 0 Å². The van der Waals surface area contributed by atoms with E-state index in [9.17, 15) is 0 Å². The fourth-order valence-corrected chi connectivity index (χ4v) is 5.73. The van der Waals surface area contributed by atoms with Crippen LogP contribution in [0.2, 0.25) is 0 Å². The van der Waals surface area contributed by atoms with Gasteiger partial charge in [0.1, 0.15) is 0 Å². The molecule has 23 heavy (non-hydrogen) atoms. The topological polar surface area (TPSA) is 0 Å². The number of hydrogen-bond acceptors (Lipinski definition) is 2. The van der Waals surface area contributed by atoms with Gasteiger partial charge in [-0.2, -0.15) is 0 Å². The Morgan fingerprint density at radius 3 is 1.48 bits per heavy atom. The lowest BCUT2D eigenvalue weighted by atomic mass is 9.80. The lowest BCUT2D eigenvalue weighted by Crippen LogP contribution is -2.17. The molecule has 0 spiro atoms. The van der Waals surface area contributed by atoms with E-state index in [1.807, 2.05) is 23.5 Å². The first-order valence-electron chi connectivity index (χ1n) is 8.22. The molecule has 0 aliphatic heterocycles. The molecule has 2 aromatic rings. The van der Waals surface area contributed by atoms with Crippen LogP contribution in [0.15, 0.2) is 92.4 Å². The average Bonchev–Trinajstić information content (AvgIpc) is 2.56. The highest BCUT2D eigenvalue weighted by atomic mass is 32.2. The predicted octanol–water partition coefficient (Wildman–Crippen LogP) is 6.77. The third-order valence-corrected chi connectivity index (χ3v) is 6.51. The van der Waals surface area contributed by atoms with Gasteiger partial charge in [0.15, 0.2) is 0 Å². The molecular weight excluding hydrogens is 316 g/mol. The van der Waals surface area contributed by atoms with Crippen molar-refractivity contribution >= 4 is 23.5 Å². The molecule has 2 aromatic carbocycles. The Morgan fingerprint density at radius 2 is 1.04 bits per heavy atom. The van der Waals surface area contributed by atoms with Gasteiger partial charge in [-0.15, -0.1) is 0 Å². The SMILES string of the molecule is C1=C(Sc2ccccc2)CC2C=C(Sc3ccccc3)CC1C2. The molecule has 4 rings (SSSR count). The first kappa shape index (κ1) is 15.2. The van der Waals surface area contributed by atoms with Crippen LogP contribution < -0.4 is 0 Å². The minimum atomic E-state index is 0.719. The number of rotatable bonds is 4. The zero-order chi connectivity index (χ0) is 15.5. The highest BCUT2D eigenvalue weighted by Crippen LogP contribution is 2.46. The minimum absolute atomic E-state index is 0.719. The zero-order valence-corrected chi connectivity index (χ0v) is 14.7. The average molecular weight is 337 g/mol. The molecule has 0 radical (unpaired) electrons. The van der Waals surface area contributed by atoms with E-state index in [0.29, 0.717) is 0 Å². The Balaban J connectivity index is 1.44. The number of fused-ring (bicyclic) bond motifs is 2. The monoisotopic (exact) mass is 336 g/mol. The Morgan fingerprint density at radius 1 is 0.609 bits per heavy atom. The van der Waals surface area contributed by atoms with E-state index in [0.717, 1.165) is 11.8 Å². The summed E-state index contributed by atoms with van der Waals surface area (Å²) in [6, 6.07) is 21.5. The quantitative estimate of drug-likeness (QED) is 0.604. The normalized spacial score (nSPS) is 23.1. The van der Waals surface area contributed by atoms with E-state index in [2.05, 4.69) is 72.8 Å². The smallest absolute Gasteiger partial charge is 0.0118 e. The van der Waals surface area contributed by atoms with Crippen molar-refractivity contribution < 1.29 is 0 Å². The van der Waals surface area contributed by atoms with E-state index in [1.165, 1.54) is 29.1 Å². The lowest BCUT2D eigenvalue weighted by molar-refractivity contribution is 0.436. The van der Waals surface area contributed by atoms with E-state index < -0.39 is 0 Å². The van der Waals surface area contributed by atoms with E-state index in [-0.39, 0.29) is 0 Å². The molecule has 2 aliphatic rings. The van der Waals surface area contributed by atoms with Gasteiger partial charge in [-0.1, -0.05) is 72.1 Å². The second kappa shape index (κ2) is 7.02. The van der Waals surface area contributed by atoms with Gasteiger partial charge >= 0.3 is 0 Å². The summed E-state index contributed by atoms with van der Waals surface area (Å²) >= 11 is 3.90. The molecule has 0 aromatic heterocycles. The predicted molar refractivity (Wildman–Crippen MR) is 102 cm³/mol. The Kier molecular flexibility index (Phi) is 4.63. The van der Waals surface area contributed by atoms with Crippen LogP contribution in [-0.4, -0.2) is 0 Å². The van der Waals surface area contributed by atoms with E-state index >= 15 is 0 Å². The van der Waals surface area contributed by atoms with Crippen molar-refractivity contribution in [2.75, 3.05) is 0 Å². The number of benzene rings is 2. The second-order valence-electron chi connectivity index (χ2n) is 6.26. The fourth-order valence-electron chi connectivity index (χ4n) is 3.42. The maximum absolute atomic E-state index is 2.53. The molecule has 2 unspecified atom stereocenters. The molecule has 116 valence electrons. The summed E-state index contributed by atoms with van der Waals surface area (Å²) in [6.45, 7) is 0. The van der Waals surface area contributed by atoms with E-state index in [4.69, 9.17) is 0 Å². The largest absolute Gasteiger partial charge is 0.0949 e. The summed E-state index contributed by atoms with van der Waals surface area (Å²) < 4.78 is 0. The third kappa shape index (κ3) is 3.94. The fraction of sp³-hybridized carbons (Fsp3) is 0.238. The molecule has 0 saturated carbocycles. The lowest BCUT2D eigenvalue weighted by Gasteiger charge is -2.32. The van der Waals surface area contributed by atoms with Gasteiger partial charge in [-0.3, -0.25) is 0 Å². The summed E-state index contributed by atoms with van der Waals surface area (Å²) in [5.74, 6) is 1.44. The molecule has 2 bridgehead atoms. The standard InChI is InChI=1S/C21H20S2/c1-3-7-18(8-4-1)22-20-12-16-11-17(13-20)15-21(14-16)23-19-9-5-2-6-10-19/h1-10,12,15-17H,11,13-14H2. The molecule has 2 atom stereocenters. The van der Waals surface area contributed by atoms with Crippen LogP contribution in [0.3, 0.4) is 0 Å². The molecule has 0 nitrogen and oxygen atoms in total. The first-order chi connectivity index (χ1) is 11.3. The number of hydrogen-bond donors (Lipinski definition) is 0. The molecule has 2 heteroatoms. The maximum atomic E-state index is 2.53. The molecule has 0 N–H and O–H groups in total. The summed E-state index contributed by atoms with van der Waals surface area (Å²) in [4.78, 5) is 5.83. The summed E-state index contributed by atoms with van der Waals surface area (Å²) in [5, 5.41) is 0. The number of allylic oxidation sites excluding steroid dienone is 4. The maximum Gasteiger partial charge on any atom is 0.0118 e. The first-order valence-corrected chi connectivity index (χ1v) is 9.85. The molecule has 2 aliphatic carbocycles. The molecular formula is C21H20S2. The highest BCUT2D eigenvalue weighted by molar-refractivity contribution is 8.03. The summed E-state index contributed by atoms with van der Waals surface area (Å²) in [7, 11) is 0. The van der Waals surface area contributed by atoms with Gasteiger partial charge in [0.2, 0.25) is 0 Å². The molecule has 0 amide bonds. The van der Waals surface area contributed by atoms with Crippen molar-refractivity contribution in [1.82, 2.24) is 0 Å². The number of thioether (sulfide) groups is 2. The second-order valence-corrected chi connectivity index (χ2v) is 8.66. The van der Waals surface area contributed by atoms with Crippen molar-refractivity contribution in [3.8, 4) is 0 Å². The van der Waals surface area contributed by atoms with Crippen molar-refractivity contribution in [3.05, 3.63) is 82.6 Å². The third-order valence-electron chi connectivity index (χ3n) is 4.36. The molecule has 0 saturated heterocycles. The van der Waals surface area contributed by atoms with Gasteiger partial charge in [-0.25, -0.2) is 0 Å². The Labute approximate surface area is 147 Å². The highest BCUT2D eigenvalue weighted by Gasteiger charge is 2.27. The Bertz CT molecular complexity index is 653. The zero-order valence-electron chi connectivity index (χ0n) is 13.0. The summed E-state index contributed by atoms with van der Waals surface area (Å²) in [6.07, 6.45) is 8.81. The van der Waals surface area contributed by atoms with Gasteiger partial charge in [0.25, 0.3) is 0 Å². The molecule has 0 heterocycles. The summed E-state index contributed by atoms with van der Waals surface area (Å²) in [5.41, 5.74) is 0. The minimum Gasteiger partial charge on any atom is -0.0949 e.